The number of nitrogens with zero attached hydrogens (tertiary/aromatic N) is 1. The van der Waals surface area contributed by atoms with Gasteiger partial charge in [0.15, 0.2) is 0 Å². The van der Waals surface area contributed by atoms with Gasteiger partial charge >= 0.3 is 18.4 Å². The van der Waals surface area contributed by atoms with E-state index in [1.54, 1.807) is 0 Å². The third kappa shape index (κ3) is 15.5. The zero-order valence-electron chi connectivity index (χ0n) is 21.5. The summed E-state index contributed by atoms with van der Waals surface area (Å²) in [6.07, 6.45) is -8.28. The molecule has 1 aliphatic heterocycles. The highest BCUT2D eigenvalue weighted by Gasteiger charge is 2.38. The van der Waals surface area contributed by atoms with Crippen molar-refractivity contribution in [2.24, 2.45) is 4.99 Å². The van der Waals surface area contributed by atoms with Crippen LogP contribution in [0.1, 0.15) is 49.5 Å². The Morgan fingerprint density at radius 1 is 1.15 bits per heavy atom. The van der Waals surface area contributed by atoms with E-state index in [4.69, 9.17) is 51.1 Å². The van der Waals surface area contributed by atoms with Crippen LogP contribution in [0.3, 0.4) is 0 Å². The number of aliphatic imine (C=N–C) groups is 1. The van der Waals surface area contributed by atoms with E-state index in [1.165, 1.54) is 13.0 Å². The van der Waals surface area contributed by atoms with Gasteiger partial charge in [-0.25, -0.2) is 14.6 Å². The molecule has 0 aliphatic carbocycles. The summed E-state index contributed by atoms with van der Waals surface area (Å²) in [7, 11) is 0. The topological polar surface area (TPSA) is 91.8 Å². The monoisotopic (exact) mass is 664 g/mol. The van der Waals surface area contributed by atoms with Gasteiger partial charge in [-0.3, -0.25) is 0 Å². The fourth-order valence-corrected chi connectivity index (χ4v) is 3.51. The summed E-state index contributed by atoms with van der Waals surface area (Å²) in [5, 5.41) is 8.55. The van der Waals surface area contributed by atoms with Crippen molar-refractivity contribution in [3.63, 3.8) is 0 Å². The molecule has 1 saturated heterocycles. The quantitative estimate of drug-likeness (QED) is 0.0938. The lowest BCUT2D eigenvalue weighted by molar-refractivity contribution is -0.143. The van der Waals surface area contributed by atoms with Crippen LogP contribution in [-0.4, -0.2) is 60.6 Å². The average molecular weight is 666 g/mol. The third-order valence-electron chi connectivity index (χ3n) is 5.37. The maximum atomic E-state index is 13.1. The Balaban J connectivity index is 0.00000147. The molecule has 230 valence electrons. The fourth-order valence-electron chi connectivity index (χ4n) is 3.30. The van der Waals surface area contributed by atoms with Crippen molar-refractivity contribution in [1.82, 2.24) is 16.0 Å². The first-order chi connectivity index (χ1) is 18.6. The molecule has 40 heavy (non-hydrogen) atoms. The van der Waals surface area contributed by atoms with Crippen LogP contribution in [0.4, 0.5) is 31.1 Å². The molecule has 0 unspecified atom stereocenters. The molecule has 1 aromatic rings. The number of hydrogen-bond donors (Lipinski definition) is 3. The van der Waals surface area contributed by atoms with Crippen molar-refractivity contribution < 1.29 is 40.7 Å². The van der Waals surface area contributed by atoms with Crippen LogP contribution in [0, 0.1) is 0 Å². The first kappa shape index (κ1) is 38.5. The molecule has 0 spiro atoms. The summed E-state index contributed by atoms with van der Waals surface area (Å²) in [5.74, 6) is 0.398. The lowest BCUT2D eigenvalue weighted by Gasteiger charge is -2.39. The Hall–Kier alpha value is -1.47. The predicted molar refractivity (Wildman–Crippen MR) is 143 cm³/mol. The van der Waals surface area contributed by atoms with Crippen molar-refractivity contribution in [2.75, 3.05) is 36.9 Å². The standard InChI is InChI=1S/C19H24ClF6N3O2.C3H4ClNO.CH2Cl2/c1-11(12-5-13(18(21,22)23)7-14(6-12)19(24,25)26)31-9-17(2)4-3-15(8-28-17)29-16(30)27-10-20;4-1-2-5-3-6;2-1-3/h5-7,11,15,28H,3-4,8-10H2,1-2H3,(H2,27,29,30);1-2H2;1H2/t11-,15+,17-;;/m1../s1. The minimum absolute atomic E-state index is 0.0268. The maximum Gasteiger partial charge on any atom is 0.416 e. The van der Waals surface area contributed by atoms with Crippen LogP contribution >= 0.6 is 46.4 Å². The number of urea groups is 1. The van der Waals surface area contributed by atoms with Crippen LogP contribution < -0.4 is 16.0 Å². The number of benzene rings is 1. The number of carbonyl (C=O) groups excluding carboxylic acids is 2. The molecule has 2 rings (SSSR count). The van der Waals surface area contributed by atoms with E-state index in [2.05, 4.69) is 20.9 Å². The zero-order chi connectivity index (χ0) is 31.0. The number of alkyl halides is 10. The number of halogens is 10. The van der Waals surface area contributed by atoms with Crippen LogP contribution in [0.5, 0.6) is 0 Å². The number of hydrogen-bond acceptors (Lipinski definition) is 5. The molecule has 17 heteroatoms. The van der Waals surface area contributed by atoms with Gasteiger partial charge in [-0.15, -0.1) is 46.4 Å². The summed E-state index contributed by atoms with van der Waals surface area (Å²) in [6, 6.07) is 0.860. The summed E-state index contributed by atoms with van der Waals surface area (Å²) in [6.45, 7) is 4.11. The van der Waals surface area contributed by atoms with E-state index in [-0.39, 0.29) is 35.6 Å². The van der Waals surface area contributed by atoms with E-state index < -0.39 is 41.2 Å². The van der Waals surface area contributed by atoms with Gasteiger partial charge in [0.2, 0.25) is 6.08 Å². The molecule has 0 saturated carbocycles. The molecule has 1 heterocycles. The molecule has 3 atom stereocenters. The Labute approximate surface area is 248 Å². The molecular weight excluding hydrogens is 636 g/mol. The number of amides is 2. The third-order valence-corrected chi connectivity index (χ3v) is 5.68. The predicted octanol–water partition coefficient (Wildman–Crippen LogP) is 6.79. The summed E-state index contributed by atoms with van der Waals surface area (Å²) in [5.41, 5.74) is -3.51. The Morgan fingerprint density at radius 2 is 1.70 bits per heavy atom. The number of nitrogens with one attached hydrogen (secondary N) is 3. The van der Waals surface area contributed by atoms with Gasteiger partial charge in [-0.05, 0) is 50.5 Å². The van der Waals surface area contributed by atoms with Crippen molar-refractivity contribution in [1.29, 1.82) is 0 Å². The maximum absolute atomic E-state index is 13.1. The van der Waals surface area contributed by atoms with E-state index in [0.29, 0.717) is 43.9 Å². The highest BCUT2D eigenvalue weighted by molar-refractivity contribution is 6.40. The van der Waals surface area contributed by atoms with Gasteiger partial charge < -0.3 is 20.7 Å². The fraction of sp³-hybridized carbons (Fsp3) is 0.652. The van der Waals surface area contributed by atoms with Gasteiger partial charge in [-0.2, -0.15) is 26.3 Å². The lowest BCUT2D eigenvalue weighted by Crippen LogP contribution is -2.58. The second kappa shape index (κ2) is 18.9. The Bertz CT molecular complexity index is 910. The Kier molecular flexibility index (Phi) is 18.2. The van der Waals surface area contributed by atoms with E-state index in [0.717, 1.165) is 0 Å². The molecular formula is C23H30Cl4F6N4O3. The van der Waals surface area contributed by atoms with Crippen LogP contribution in [0.2, 0.25) is 0 Å². The number of rotatable bonds is 8. The second-order valence-corrected chi connectivity index (χ2v) is 9.97. The SMILES string of the molecule is C[C@@H](OC[C@@]1(C)CC[C@H](NC(=O)NCCl)CN1)c1cc(C(F)(F)F)cc(C(F)(F)F)c1.ClCCl.O=C=NCCCl. The molecule has 0 radical (unpaired) electrons. The second-order valence-electron chi connectivity index (χ2n) is 8.52. The molecule has 1 aliphatic rings. The average Bonchev–Trinajstić information content (AvgIpc) is 2.87. The number of ether oxygens (including phenoxy) is 1. The lowest BCUT2D eigenvalue weighted by atomic mass is 9.89. The number of isocyanates is 1. The summed E-state index contributed by atoms with van der Waals surface area (Å²) >= 11 is 20.1. The highest BCUT2D eigenvalue weighted by Crippen LogP contribution is 2.38. The molecule has 1 aromatic carbocycles. The smallest absolute Gasteiger partial charge is 0.372 e. The number of piperidine rings is 1. The molecule has 2 amide bonds. The van der Waals surface area contributed by atoms with Gasteiger partial charge in [0.25, 0.3) is 0 Å². The molecule has 0 aromatic heterocycles. The van der Waals surface area contributed by atoms with Crippen molar-refractivity contribution >= 4 is 58.5 Å². The minimum Gasteiger partial charge on any atom is -0.372 e. The van der Waals surface area contributed by atoms with Crippen molar-refractivity contribution in [2.45, 2.75) is 56.7 Å². The van der Waals surface area contributed by atoms with Crippen molar-refractivity contribution in [3.05, 3.63) is 34.9 Å². The molecule has 1 fully saturated rings. The first-order valence-electron chi connectivity index (χ1n) is 11.5. The van der Waals surface area contributed by atoms with Gasteiger partial charge in [0.05, 0.1) is 41.7 Å². The van der Waals surface area contributed by atoms with Crippen molar-refractivity contribution in [3.8, 4) is 0 Å². The van der Waals surface area contributed by atoms with E-state index in [1.807, 2.05) is 6.92 Å². The summed E-state index contributed by atoms with van der Waals surface area (Å²) < 4.78 is 84.0. The van der Waals surface area contributed by atoms with E-state index >= 15 is 0 Å². The normalized spacial score (nSPS) is 19.6. The van der Waals surface area contributed by atoms with Gasteiger partial charge in [0.1, 0.15) is 0 Å². The van der Waals surface area contributed by atoms with Crippen LogP contribution in [-0.2, 0) is 21.9 Å². The molecule has 7 nitrogen and oxygen atoms in total. The zero-order valence-corrected chi connectivity index (χ0v) is 24.5. The number of carbonyl (C=O) groups is 1. The van der Waals surface area contributed by atoms with Crippen LogP contribution in [0.15, 0.2) is 23.2 Å². The Morgan fingerprint density at radius 3 is 2.08 bits per heavy atom. The molecule has 0 bridgehead atoms. The van der Waals surface area contributed by atoms with Crippen LogP contribution in [0.25, 0.3) is 0 Å². The summed E-state index contributed by atoms with van der Waals surface area (Å²) in [4.78, 5) is 23.9. The first-order valence-corrected chi connectivity index (χ1v) is 13.7. The van der Waals surface area contributed by atoms with Gasteiger partial charge in [-0.1, -0.05) is 0 Å². The highest BCUT2D eigenvalue weighted by atomic mass is 35.5. The van der Waals surface area contributed by atoms with Gasteiger partial charge in [0, 0.05) is 24.0 Å². The molecule has 3 N–H and O–H groups in total. The largest absolute Gasteiger partial charge is 0.416 e. The van der Waals surface area contributed by atoms with E-state index in [9.17, 15) is 35.9 Å². The minimum atomic E-state index is -4.91.